The van der Waals surface area contributed by atoms with Crippen LogP contribution in [0.2, 0.25) is 0 Å². The number of rotatable bonds is 3. The van der Waals surface area contributed by atoms with Gasteiger partial charge >= 0.3 is 0 Å². The molecule has 1 aliphatic rings. The minimum atomic E-state index is 0.990. The number of nitrogens with zero attached hydrogens (tertiary/aromatic N) is 1. The molecule has 0 N–H and O–H groups in total. The molecular weight excluding hydrogens is 182 g/mol. The van der Waals surface area contributed by atoms with E-state index in [9.17, 15) is 0 Å². The maximum Gasteiger partial charge on any atom is 0.0690 e. The van der Waals surface area contributed by atoms with Gasteiger partial charge in [0.25, 0.3) is 0 Å². The molecule has 0 aliphatic heterocycles. The van der Waals surface area contributed by atoms with Crippen molar-refractivity contribution in [1.29, 1.82) is 0 Å². The first-order chi connectivity index (χ1) is 7.31. The molecule has 78 valence electrons. The van der Waals surface area contributed by atoms with Crippen LogP contribution in [0.15, 0.2) is 31.4 Å². The highest BCUT2D eigenvalue weighted by atomic mass is 14.7. The van der Waals surface area contributed by atoms with Crippen molar-refractivity contribution in [1.82, 2.24) is 4.98 Å². The van der Waals surface area contributed by atoms with Crippen molar-refractivity contribution in [2.45, 2.75) is 32.1 Å². The summed E-state index contributed by atoms with van der Waals surface area (Å²) in [5.41, 5.74) is 4.89. The Balaban J connectivity index is 2.27. The SMILES string of the molecule is C=CCCc1ccc2c(n1)C(=C)CCC2. The third-order valence-electron chi connectivity index (χ3n) is 2.90. The summed E-state index contributed by atoms with van der Waals surface area (Å²) in [5, 5.41) is 0. The van der Waals surface area contributed by atoms with Gasteiger partial charge in [-0.15, -0.1) is 6.58 Å². The lowest BCUT2D eigenvalue weighted by molar-refractivity contribution is 0.800. The fourth-order valence-corrected chi connectivity index (χ4v) is 2.04. The van der Waals surface area contributed by atoms with Gasteiger partial charge in [0.2, 0.25) is 0 Å². The van der Waals surface area contributed by atoms with Crippen molar-refractivity contribution < 1.29 is 0 Å². The Morgan fingerprint density at radius 3 is 3.00 bits per heavy atom. The molecule has 0 saturated heterocycles. The molecule has 1 aromatic rings. The van der Waals surface area contributed by atoms with Crippen LogP contribution in [0.3, 0.4) is 0 Å². The summed E-state index contributed by atoms with van der Waals surface area (Å²) in [5.74, 6) is 0. The van der Waals surface area contributed by atoms with Gasteiger partial charge < -0.3 is 0 Å². The van der Waals surface area contributed by atoms with E-state index in [0.29, 0.717) is 0 Å². The van der Waals surface area contributed by atoms with Crippen LogP contribution in [0.5, 0.6) is 0 Å². The third-order valence-corrected chi connectivity index (χ3v) is 2.90. The van der Waals surface area contributed by atoms with E-state index in [4.69, 9.17) is 0 Å². The van der Waals surface area contributed by atoms with Crippen LogP contribution in [-0.4, -0.2) is 4.98 Å². The second-order valence-electron chi connectivity index (χ2n) is 4.09. The van der Waals surface area contributed by atoms with Gasteiger partial charge in [0.1, 0.15) is 0 Å². The second-order valence-corrected chi connectivity index (χ2v) is 4.09. The number of pyridine rings is 1. The summed E-state index contributed by atoms with van der Waals surface area (Å²) in [7, 11) is 0. The normalized spacial score (nSPS) is 14.8. The summed E-state index contributed by atoms with van der Waals surface area (Å²) in [6, 6.07) is 4.35. The summed E-state index contributed by atoms with van der Waals surface area (Å²) in [4.78, 5) is 4.68. The van der Waals surface area contributed by atoms with Crippen molar-refractivity contribution in [2.75, 3.05) is 0 Å². The summed E-state index contributed by atoms with van der Waals surface area (Å²) in [6.07, 6.45) is 7.41. The molecule has 0 spiro atoms. The molecule has 0 fully saturated rings. The highest BCUT2D eigenvalue weighted by Gasteiger charge is 2.13. The van der Waals surface area contributed by atoms with E-state index in [1.165, 1.54) is 17.6 Å². The van der Waals surface area contributed by atoms with Gasteiger partial charge in [-0.25, -0.2) is 0 Å². The van der Waals surface area contributed by atoms with Gasteiger partial charge in [0.05, 0.1) is 5.69 Å². The maximum absolute atomic E-state index is 4.68. The van der Waals surface area contributed by atoms with Gasteiger partial charge in [-0.3, -0.25) is 4.98 Å². The van der Waals surface area contributed by atoms with Crippen LogP contribution in [0.1, 0.15) is 36.2 Å². The van der Waals surface area contributed by atoms with Crippen LogP contribution in [-0.2, 0) is 12.8 Å². The van der Waals surface area contributed by atoms with Gasteiger partial charge in [0.15, 0.2) is 0 Å². The van der Waals surface area contributed by atoms with Crippen LogP contribution in [0, 0.1) is 0 Å². The lowest BCUT2D eigenvalue weighted by Crippen LogP contribution is -2.05. The molecule has 0 bridgehead atoms. The highest BCUT2D eigenvalue weighted by molar-refractivity contribution is 5.64. The fraction of sp³-hybridized carbons (Fsp3) is 0.357. The third kappa shape index (κ3) is 2.17. The minimum Gasteiger partial charge on any atom is -0.253 e. The topological polar surface area (TPSA) is 12.9 Å². The molecule has 1 heterocycles. The number of fused-ring (bicyclic) bond motifs is 1. The number of allylic oxidation sites excluding steroid dienone is 2. The predicted molar refractivity (Wildman–Crippen MR) is 64.7 cm³/mol. The molecule has 0 unspecified atom stereocenters. The summed E-state index contributed by atoms with van der Waals surface area (Å²) >= 11 is 0. The molecule has 15 heavy (non-hydrogen) atoms. The van der Waals surface area contributed by atoms with E-state index in [1.54, 1.807) is 0 Å². The summed E-state index contributed by atoms with van der Waals surface area (Å²) < 4.78 is 0. The number of aryl methyl sites for hydroxylation is 2. The average molecular weight is 199 g/mol. The Hall–Kier alpha value is -1.37. The van der Waals surface area contributed by atoms with Crippen molar-refractivity contribution in [2.24, 2.45) is 0 Å². The Morgan fingerprint density at radius 1 is 1.33 bits per heavy atom. The largest absolute Gasteiger partial charge is 0.253 e. The van der Waals surface area contributed by atoms with Crippen molar-refractivity contribution in [3.63, 3.8) is 0 Å². The molecule has 0 amide bonds. The molecule has 0 radical (unpaired) electrons. The molecule has 2 rings (SSSR count). The zero-order valence-electron chi connectivity index (χ0n) is 9.13. The van der Waals surface area contributed by atoms with E-state index in [0.717, 1.165) is 37.1 Å². The van der Waals surface area contributed by atoms with Crippen molar-refractivity contribution >= 4 is 5.57 Å². The lowest BCUT2D eigenvalue weighted by Gasteiger charge is -2.17. The average Bonchev–Trinajstić information content (AvgIpc) is 2.27. The Morgan fingerprint density at radius 2 is 2.20 bits per heavy atom. The van der Waals surface area contributed by atoms with Gasteiger partial charge in [-0.05, 0) is 49.3 Å². The monoisotopic (exact) mass is 199 g/mol. The zero-order chi connectivity index (χ0) is 10.7. The molecule has 1 aromatic heterocycles. The number of hydrogen-bond donors (Lipinski definition) is 0. The van der Waals surface area contributed by atoms with E-state index in [2.05, 4.69) is 30.3 Å². The standard InChI is InChI=1S/C14H17N/c1-3-4-8-13-10-9-12-7-5-6-11(2)14(12)15-13/h3,9-10H,1-2,4-8H2. The number of aromatic nitrogens is 1. The van der Waals surface area contributed by atoms with Crippen LogP contribution < -0.4 is 0 Å². The van der Waals surface area contributed by atoms with Crippen molar-refractivity contribution in [3.05, 3.63) is 48.3 Å². The Bertz CT molecular complexity index is 390. The van der Waals surface area contributed by atoms with E-state index >= 15 is 0 Å². The van der Waals surface area contributed by atoms with Crippen molar-refractivity contribution in [3.8, 4) is 0 Å². The van der Waals surface area contributed by atoms with E-state index in [1.807, 2.05) is 6.08 Å². The minimum absolute atomic E-state index is 0.990. The first-order valence-electron chi connectivity index (χ1n) is 5.59. The Labute approximate surface area is 91.6 Å². The van der Waals surface area contributed by atoms with E-state index < -0.39 is 0 Å². The van der Waals surface area contributed by atoms with Crippen LogP contribution in [0.4, 0.5) is 0 Å². The molecule has 0 aromatic carbocycles. The predicted octanol–water partition coefficient (Wildman–Crippen LogP) is 3.55. The molecule has 1 nitrogen and oxygen atoms in total. The quantitative estimate of drug-likeness (QED) is 0.678. The van der Waals surface area contributed by atoms with Gasteiger partial charge in [0, 0.05) is 5.69 Å². The number of hydrogen-bond acceptors (Lipinski definition) is 1. The highest BCUT2D eigenvalue weighted by Crippen LogP contribution is 2.27. The van der Waals surface area contributed by atoms with Gasteiger partial charge in [-0.1, -0.05) is 18.7 Å². The molecule has 1 aliphatic carbocycles. The smallest absolute Gasteiger partial charge is 0.0690 e. The molecular formula is C14H17N. The maximum atomic E-state index is 4.68. The van der Waals surface area contributed by atoms with E-state index in [-0.39, 0.29) is 0 Å². The van der Waals surface area contributed by atoms with Crippen LogP contribution in [0.25, 0.3) is 5.57 Å². The molecule has 0 atom stereocenters. The van der Waals surface area contributed by atoms with Crippen LogP contribution >= 0.6 is 0 Å². The summed E-state index contributed by atoms with van der Waals surface area (Å²) in [6.45, 7) is 7.83. The first kappa shape index (κ1) is 10.2. The molecule has 1 heteroatoms. The zero-order valence-corrected chi connectivity index (χ0v) is 9.13. The first-order valence-corrected chi connectivity index (χ1v) is 5.59. The molecule has 0 saturated carbocycles. The fourth-order valence-electron chi connectivity index (χ4n) is 2.04. The van der Waals surface area contributed by atoms with Gasteiger partial charge in [-0.2, -0.15) is 0 Å². The lowest BCUT2D eigenvalue weighted by atomic mass is 9.92. The second kappa shape index (κ2) is 4.43. The Kier molecular flexibility index (Phi) is 3.00.